The number of piperidine rings is 1. The van der Waals surface area contributed by atoms with Crippen molar-refractivity contribution in [3.05, 3.63) is 35.6 Å². The van der Waals surface area contributed by atoms with Crippen molar-refractivity contribution in [2.24, 2.45) is 0 Å². The number of urea groups is 1. The lowest BCUT2D eigenvalue weighted by molar-refractivity contribution is -0.135. The fraction of sp³-hybridized carbons (Fsp3) is 0.471. The summed E-state index contributed by atoms with van der Waals surface area (Å²) >= 11 is 0. The van der Waals surface area contributed by atoms with E-state index in [2.05, 4.69) is 16.0 Å². The molecule has 1 aromatic rings. The van der Waals surface area contributed by atoms with Crippen molar-refractivity contribution < 1.29 is 18.8 Å². The molecule has 0 bridgehead atoms. The lowest BCUT2D eigenvalue weighted by Gasteiger charge is -2.25. The number of rotatable bonds is 4. The highest BCUT2D eigenvalue weighted by Gasteiger charge is 2.49. The molecule has 3 N–H and O–H groups in total. The highest BCUT2D eigenvalue weighted by atomic mass is 35.5. The molecule has 1 unspecified atom stereocenters. The number of benzene rings is 1. The van der Waals surface area contributed by atoms with Crippen molar-refractivity contribution in [1.82, 2.24) is 20.9 Å². The topological polar surface area (TPSA) is 90.5 Å². The molecule has 7 nitrogen and oxygen atoms in total. The molecule has 0 saturated carbocycles. The van der Waals surface area contributed by atoms with Crippen LogP contribution in [0.1, 0.15) is 25.3 Å². The zero-order valence-electron chi connectivity index (χ0n) is 14.4. The molecule has 2 heterocycles. The first-order valence-electron chi connectivity index (χ1n) is 8.30. The van der Waals surface area contributed by atoms with Crippen LogP contribution in [0.15, 0.2) is 24.3 Å². The van der Waals surface area contributed by atoms with Gasteiger partial charge < -0.3 is 16.0 Å². The first-order valence-corrected chi connectivity index (χ1v) is 8.30. The maximum atomic E-state index is 13.1. The Labute approximate surface area is 157 Å². The van der Waals surface area contributed by atoms with Gasteiger partial charge in [-0.1, -0.05) is 12.1 Å². The quantitative estimate of drug-likeness (QED) is 0.672. The molecule has 9 heteroatoms. The highest BCUT2D eigenvalue weighted by Crippen LogP contribution is 2.28. The molecule has 3 rings (SSSR count). The van der Waals surface area contributed by atoms with Gasteiger partial charge in [-0.05, 0) is 44.0 Å². The van der Waals surface area contributed by atoms with Crippen molar-refractivity contribution in [3.63, 3.8) is 0 Å². The summed E-state index contributed by atoms with van der Waals surface area (Å²) in [5, 5.41) is 8.62. The van der Waals surface area contributed by atoms with Crippen molar-refractivity contribution in [2.45, 2.75) is 31.3 Å². The maximum Gasteiger partial charge on any atom is 0.325 e. The monoisotopic (exact) mass is 384 g/mol. The average Bonchev–Trinajstić information content (AvgIpc) is 2.80. The van der Waals surface area contributed by atoms with Gasteiger partial charge in [0.15, 0.2) is 0 Å². The van der Waals surface area contributed by atoms with Gasteiger partial charge in [0.2, 0.25) is 5.91 Å². The lowest BCUT2D eigenvalue weighted by atomic mass is 9.92. The van der Waals surface area contributed by atoms with Gasteiger partial charge in [0.05, 0.1) is 0 Å². The third kappa shape index (κ3) is 3.96. The van der Waals surface area contributed by atoms with Gasteiger partial charge in [0, 0.05) is 12.6 Å². The smallest absolute Gasteiger partial charge is 0.325 e. The number of imide groups is 1. The first kappa shape index (κ1) is 20.1. The van der Waals surface area contributed by atoms with E-state index in [0.717, 1.165) is 24.3 Å². The third-order valence-electron chi connectivity index (χ3n) is 4.66. The Bertz CT molecular complexity index is 694. The third-order valence-corrected chi connectivity index (χ3v) is 4.66. The second-order valence-corrected chi connectivity index (χ2v) is 6.56. The molecule has 1 aromatic carbocycles. The number of amides is 4. The Morgan fingerprint density at radius 1 is 1.35 bits per heavy atom. The van der Waals surface area contributed by atoms with E-state index in [-0.39, 0.29) is 30.9 Å². The number of halogens is 2. The molecular formula is C17H22ClFN4O3. The molecule has 0 aliphatic carbocycles. The molecule has 0 spiro atoms. The summed E-state index contributed by atoms with van der Waals surface area (Å²) in [5.74, 6) is -1.33. The number of hydrogen-bond acceptors (Lipinski definition) is 4. The van der Waals surface area contributed by atoms with E-state index in [4.69, 9.17) is 0 Å². The Kier molecular flexibility index (Phi) is 6.20. The number of carbonyl (C=O) groups excluding carboxylic acids is 3. The summed E-state index contributed by atoms with van der Waals surface area (Å²) in [6.45, 7) is 2.82. The van der Waals surface area contributed by atoms with Crippen LogP contribution in [0.5, 0.6) is 0 Å². The van der Waals surface area contributed by atoms with Crippen molar-refractivity contribution in [2.75, 3.05) is 19.6 Å². The summed E-state index contributed by atoms with van der Waals surface area (Å²) in [7, 11) is 0. The highest BCUT2D eigenvalue weighted by molar-refractivity contribution is 6.09. The van der Waals surface area contributed by atoms with Gasteiger partial charge in [0.1, 0.15) is 17.9 Å². The number of carbonyl (C=O) groups is 3. The van der Waals surface area contributed by atoms with Gasteiger partial charge in [0.25, 0.3) is 5.91 Å². The van der Waals surface area contributed by atoms with Crippen LogP contribution < -0.4 is 16.0 Å². The van der Waals surface area contributed by atoms with Gasteiger partial charge in [-0.2, -0.15) is 0 Å². The van der Waals surface area contributed by atoms with Crippen LogP contribution in [0.2, 0.25) is 0 Å². The molecular weight excluding hydrogens is 363 g/mol. The summed E-state index contributed by atoms with van der Waals surface area (Å²) in [4.78, 5) is 38.0. The summed E-state index contributed by atoms with van der Waals surface area (Å²) in [6, 6.07) is 4.73. The molecule has 2 aliphatic rings. The predicted molar refractivity (Wildman–Crippen MR) is 95.3 cm³/mol. The minimum absolute atomic E-state index is 0. The molecule has 0 aromatic heterocycles. The van der Waals surface area contributed by atoms with E-state index in [1.165, 1.54) is 24.3 Å². The second kappa shape index (κ2) is 8.01. The SMILES string of the molecule is CC1(c2ccc(F)cc2)NC(=O)N(CC(=O)N[C@H]2CCCNC2)C1=O.Cl. The van der Waals surface area contributed by atoms with Crippen LogP contribution >= 0.6 is 12.4 Å². The van der Waals surface area contributed by atoms with Crippen LogP contribution in [-0.4, -0.2) is 48.4 Å². The van der Waals surface area contributed by atoms with Crippen molar-refractivity contribution in [1.29, 1.82) is 0 Å². The Morgan fingerprint density at radius 3 is 2.65 bits per heavy atom. The fourth-order valence-corrected chi connectivity index (χ4v) is 3.21. The van der Waals surface area contributed by atoms with Crippen LogP contribution in [-0.2, 0) is 15.1 Å². The van der Waals surface area contributed by atoms with E-state index in [1.54, 1.807) is 6.92 Å². The Morgan fingerprint density at radius 2 is 2.04 bits per heavy atom. The van der Waals surface area contributed by atoms with Crippen molar-refractivity contribution >= 4 is 30.3 Å². The molecule has 4 amide bonds. The zero-order valence-corrected chi connectivity index (χ0v) is 15.2. The maximum absolute atomic E-state index is 13.1. The zero-order chi connectivity index (χ0) is 18.0. The number of hydrogen-bond donors (Lipinski definition) is 3. The molecule has 26 heavy (non-hydrogen) atoms. The summed E-state index contributed by atoms with van der Waals surface area (Å²) in [6.07, 6.45) is 1.84. The van der Waals surface area contributed by atoms with Crippen LogP contribution in [0, 0.1) is 5.82 Å². The van der Waals surface area contributed by atoms with Crippen LogP contribution in [0.3, 0.4) is 0 Å². The molecule has 142 valence electrons. The van der Waals surface area contributed by atoms with Crippen molar-refractivity contribution in [3.8, 4) is 0 Å². The standard InChI is InChI=1S/C17H21FN4O3.ClH/c1-17(11-4-6-12(18)7-5-11)15(24)22(16(25)21-17)10-14(23)20-13-3-2-8-19-9-13;/h4-7,13,19H,2-3,8-10H2,1H3,(H,20,23)(H,21,25);1H/t13-,17?;/m0./s1. The number of nitrogens with one attached hydrogen (secondary N) is 3. The molecule has 2 aliphatic heterocycles. The first-order chi connectivity index (χ1) is 11.9. The molecule has 2 saturated heterocycles. The Hall–Kier alpha value is -2.19. The largest absolute Gasteiger partial charge is 0.351 e. The van der Waals surface area contributed by atoms with Gasteiger partial charge >= 0.3 is 6.03 Å². The Balaban J connectivity index is 0.00000243. The average molecular weight is 385 g/mol. The molecule has 0 radical (unpaired) electrons. The van der Waals surface area contributed by atoms with Crippen LogP contribution in [0.4, 0.5) is 9.18 Å². The summed E-state index contributed by atoms with van der Waals surface area (Å²) < 4.78 is 13.1. The second-order valence-electron chi connectivity index (χ2n) is 6.56. The predicted octanol–water partition coefficient (Wildman–Crippen LogP) is 0.883. The fourth-order valence-electron chi connectivity index (χ4n) is 3.21. The molecule has 2 atom stereocenters. The van der Waals surface area contributed by atoms with Gasteiger partial charge in [-0.25, -0.2) is 9.18 Å². The van der Waals surface area contributed by atoms with Gasteiger partial charge in [-0.15, -0.1) is 12.4 Å². The summed E-state index contributed by atoms with van der Waals surface area (Å²) in [5.41, 5.74) is -0.844. The van der Waals surface area contributed by atoms with Gasteiger partial charge in [-0.3, -0.25) is 14.5 Å². The molecule has 2 fully saturated rings. The van der Waals surface area contributed by atoms with Crippen LogP contribution in [0.25, 0.3) is 0 Å². The minimum Gasteiger partial charge on any atom is -0.351 e. The number of nitrogens with zero attached hydrogens (tertiary/aromatic N) is 1. The minimum atomic E-state index is -1.31. The van der Waals surface area contributed by atoms with E-state index < -0.39 is 23.3 Å². The van der Waals surface area contributed by atoms with E-state index >= 15 is 0 Å². The van der Waals surface area contributed by atoms with E-state index in [9.17, 15) is 18.8 Å². The van der Waals surface area contributed by atoms with E-state index in [0.29, 0.717) is 12.1 Å². The van der Waals surface area contributed by atoms with E-state index in [1.807, 2.05) is 0 Å². The lowest BCUT2D eigenvalue weighted by Crippen LogP contribution is -2.49. The normalized spacial score (nSPS) is 25.5.